The Morgan fingerprint density at radius 3 is 2.25 bits per heavy atom. The van der Waals surface area contributed by atoms with Crippen molar-refractivity contribution < 1.29 is 23.8 Å². The molecular weight excluding hydrogens is 426 g/mol. The van der Waals surface area contributed by atoms with Crippen LogP contribution < -0.4 is 10.1 Å². The Bertz CT molecular complexity index is 646. The summed E-state index contributed by atoms with van der Waals surface area (Å²) in [5, 5.41) is 3.58. The van der Waals surface area contributed by atoms with Gasteiger partial charge in [-0.1, -0.05) is 15.9 Å². The molecule has 0 aliphatic rings. The molecule has 0 radical (unpaired) electrons. The van der Waals surface area contributed by atoms with Crippen LogP contribution in [0.1, 0.15) is 50.3 Å². The minimum Gasteiger partial charge on any atom is -0.494 e. The number of unbranched alkanes of at least 4 members (excludes halogenated alkanes) is 1. The van der Waals surface area contributed by atoms with Crippen LogP contribution >= 0.6 is 15.9 Å². The first-order chi connectivity index (χ1) is 13.1. The largest absolute Gasteiger partial charge is 0.494 e. The summed E-state index contributed by atoms with van der Waals surface area (Å²) < 4.78 is 15.9. The van der Waals surface area contributed by atoms with E-state index in [1.165, 1.54) is 7.11 Å². The maximum absolute atomic E-state index is 12.2. The Morgan fingerprint density at radius 2 is 1.75 bits per heavy atom. The van der Waals surface area contributed by atoms with Crippen LogP contribution in [0, 0.1) is 13.8 Å². The zero-order chi connectivity index (χ0) is 21.3. The number of alkyl carbamates (subject to hydrolysis) is 1. The maximum Gasteiger partial charge on any atom is 0.408 e. The Balaban J connectivity index is 2.90. The highest BCUT2D eigenvalue weighted by Gasteiger charge is 2.26. The van der Waals surface area contributed by atoms with E-state index in [2.05, 4.69) is 21.2 Å². The molecule has 0 saturated heterocycles. The first-order valence-corrected chi connectivity index (χ1v) is 10.6. The molecule has 1 amide bonds. The number of hydrogen-bond donors (Lipinski definition) is 1. The number of aryl methyl sites for hydroxylation is 2. The van der Waals surface area contributed by atoms with E-state index in [0.29, 0.717) is 13.0 Å². The highest BCUT2D eigenvalue weighted by Crippen LogP contribution is 2.24. The standard InChI is InChI=1S/C21H32BrNO5/c1-14-11-16(27-10-8-7-9-22)12-15(2)17(14)13-18(19(24)26-6)23-20(25)28-21(3,4)5/h11-12,18H,7-10,13H2,1-6H3,(H,23,25)/t18-/m0/s1. The molecule has 158 valence electrons. The van der Waals surface area contributed by atoms with Gasteiger partial charge >= 0.3 is 12.1 Å². The summed E-state index contributed by atoms with van der Waals surface area (Å²) in [7, 11) is 1.30. The molecule has 0 spiro atoms. The second-order valence-electron chi connectivity index (χ2n) is 7.71. The van der Waals surface area contributed by atoms with Gasteiger partial charge in [0.2, 0.25) is 0 Å². The fraction of sp³-hybridized carbons (Fsp3) is 0.619. The Morgan fingerprint density at radius 1 is 1.14 bits per heavy atom. The topological polar surface area (TPSA) is 73.9 Å². The van der Waals surface area contributed by atoms with Gasteiger partial charge in [0, 0.05) is 11.8 Å². The lowest BCUT2D eigenvalue weighted by molar-refractivity contribution is -0.143. The van der Waals surface area contributed by atoms with Gasteiger partial charge in [-0.2, -0.15) is 0 Å². The fourth-order valence-corrected chi connectivity index (χ4v) is 3.13. The van der Waals surface area contributed by atoms with Gasteiger partial charge in [-0.15, -0.1) is 0 Å². The first kappa shape index (κ1) is 24.3. The number of carbonyl (C=O) groups excluding carboxylic acids is 2. The minimum absolute atomic E-state index is 0.313. The van der Waals surface area contributed by atoms with Crippen LogP contribution in [0.3, 0.4) is 0 Å². The summed E-state index contributed by atoms with van der Waals surface area (Å²) in [6.07, 6.45) is 1.71. The van der Waals surface area contributed by atoms with E-state index in [1.807, 2.05) is 26.0 Å². The van der Waals surface area contributed by atoms with Gasteiger partial charge in [-0.25, -0.2) is 9.59 Å². The average molecular weight is 458 g/mol. The maximum atomic E-state index is 12.2. The molecule has 1 aromatic carbocycles. The number of esters is 1. The molecule has 0 aliphatic carbocycles. The van der Waals surface area contributed by atoms with Crippen LogP contribution in [0.2, 0.25) is 0 Å². The quantitative estimate of drug-likeness (QED) is 0.336. The van der Waals surface area contributed by atoms with Crippen molar-refractivity contribution in [1.29, 1.82) is 0 Å². The van der Waals surface area contributed by atoms with Crippen molar-refractivity contribution in [3.63, 3.8) is 0 Å². The molecule has 1 aromatic rings. The number of nitrogens with one attached hydrogen (secondary N) is 1. The number of hydrogen-bond acceptors (Lipinski definition) is 5. The van der Waals surface area contributed by atoms with E-state index in [-0.39, 0.29) is 0 Å². The van der Waals surface area contributed by atoms with Gasteiger partial charge < -0.3 is 19.5 Å². The summed E-state index contributed by atoms with van der Waals surface area (Å²) >= 11 is 3.41. The molecule has 6 nitrogen and oxygen atoms in total. The predicted octanol–water partition coefficient (Wildman–Crippen LogP) is 4.47. The van der Waals surface area contributed by atoms with Crippen molar-refractivity contribution in [3.8, 4) is 5.75 Å². The van der Waals surface area contributed by atoms with Crippen LogP contribution in [-0.2, 0) is 20.7 Å². The first-order valence-electron chi connectivity index (χ1n) is 9.43. The van der Waals surface area contributed by atoms with E-state index in [0.717, 1.165) is 40.6 Å². The molecule has 1 atom stereocenters. The second-order valence-corrected chi connectivity index (χ2v) is 8.50. The minimum atomic E-state index is -0.831. The van der Waals surface area contributed by atoms with Gasteiger partial charge in [-0.3, -0.25) is 0 Å². The molecule has 7 heteroatoms. The smallest absolute Gasteiger partial charge is 0.408 e. The number of halogens is 1. The summed E-state index contributed by atoms with van der Waals surface area (Å²) in [5.74, 6) is 0.294. The lowest BCUT2D eigenvalue weighted by Crippen LogP contribution is -2.45. The molecule has 0 bridgehead atoms. The molecule has 0 heterocycles. The third-order valence-corrected chi connectivity index (χ3v) is 4.61. The fourth-order valence-electron chi connectivity index (χ4n) is 2.74. The van der Waals surface area contributed by atoms with Crippen molar-refractivity contribution in [2.75, 3.05) is 19.0 Å². The third-order valence-electron chi connectivity index (χ3n) is 4.05. The number of rotatable bonds is 9. The van der Waals surface area contributed by atoms with E-state index < -0.39 is 23.7 Å². The lowest BCUT2D eigenvalue weighted by atomic mass is 9.96. The van der Waals surface area contributed by atoms with Crippen molar-refractivity contribution in [2.45, 2.75) is 65.5 Å². The van der Waals surface area contributed by atoms with Crippen molar-refractivity contribution in [2.24, 2.45) is 0 Å². The molecule has 0 fully saturated rings. The molecule has 0 saturated carbocycles. The summed E-state index contributed by atoms with van der Waals surface area (Å²) in [6, 6.07) is 3.08. The predicted molar refractivity (Wildman–Crippen MR) is 113 cm³/mol. The van der Waals surface area contributed by atoms with Crippen LogP contribution in [0.25, 0.3) is 0 Å². The van der Waals surface area contributed by atoms with Crippen LogP contribution in [-0.4, -0.2) is 42.8 Å². The zero-order valence-electron chi connectivity index (χ0n) is 17.7. The average Bonchev–Trinajstić information content (AvgIpc) is 2.58. The van der Waals surface area contributed by atoms with Crippen molar-refractivity contribution in [3.05, 3.63) is 28.8 Å². The molecule has 0 aliphatic heterocycles. The Hall–Kier alpha value is -1.76. The van der Waals surface area contributed by atoms with Crippen molar-refractivity contribution >= 4 is 28.0 Å². The van der Waals surface area contributed by atoms with Crippen LogP contribution in [0.5, 0.6) is 5.75 Å². The number of alkyl halides is 1. The van der Waals surface area contributed by atoms with Crippen molar-refractivity contribution in [1.82, 2.24) is 5.32 Å². The lowest BCUT2D eigenvalue weighted by Gasteiger charge is -2.23. The molecule has 1 rings (SSSR count). The number of amides is 1. The molecule has 0 unspecified atom stereocenters. The highest BCUT2D eigenvalue weighted by molar-refractivity contribution is 9.09. The number of ether oxygens (including phenoxy) is 3. The Labute approximate surface area is 176 Å². The summed E-state index contributed by atoms with van der Waals surface area (Å²) in [4.78, 5) is 24.3. The van der Waals surface area contributed by atoms with Crippen LogP contribution in [0.15, 0.2) is 12.1 Å². The zero-order valence-corrected chi connectivity index (χ0v) is 19.3. The van der Waals surface area contributed by atoms with E-state index >= 15 is 0 Å². The van der Waals surface area contributed by atoms with Gasteiger partial charge in [0.25, 0.3) is 0 Å². The van der Waals surface area contributed by atoms with Gasteiger partial charge in [0.15, 0.2) is 0 Å². The molecule has 28 heavy (non-hydrogen) atoms. The van der Waals surface area contributed by atoms with Gasteiger partial charge in [0.1, 0.15) is 17.4 Å². The second kappa shape index (κ2) is 11.3. The van der Waals surface area contributed by atoms with Gasteiger partial charge in [0.05, 0.1) is 13.7 Å². The highest BCUT2D eigenvalue weighted by atomic mass is 79.9. The van der Waals surface area contributed by atoms with E-state index in [9.17, 15) is 9.59 Å². The summed E-state index contributed by atoms with van der Waals surface area (Å²) in [5.41, 5.74) is 2.31. The monoisotopic (exact) mass is 457 g/mol. The van der Waals surface area contributed by atoms with Crippen LogP contribution in [0.4, 0.5) is 4.79 Å². The normalized spacial score (nSPS) is 12.2. The molecule has 0 aromatic heterocycles. The van der Waals surface area contributed by atoms with E-state index in [4.69, 9.17) is 14.2 Å². The van der Waals surface area contributed by atoms with Gasteiger partial charge in [-0.05, 0) is 76.3 Å². The SMILES string of the molecule is COC(=O)[C@H](Cc1c(C)cc(OCCCCBr)cc1C)NC(=O)OC(C)(C)C. The number of carbonyl (C=O) groups is 2. The molecular formula is C21H32BrNO5. The van der Waals surface area contributed by atoms with E-state index in [1.54, 1.807) is 20.8 Å². The third kappa shape index (κ3) is 8.50. The number of methoxy groups -OCH3 is 1. The summed E-state index contributed by atoms with van der Waals surface area (Å²) in [6.45, 7) is 9.90. The number of benzene rings is 1. The molecule has 1 N–H and O–H groups in total. The Kier molecular flexibility index (Phi) is 9.79.